The Balaban J connectivity index is 1.53. The van der Waals surface area contributed by atoms with E-state index < -0.39 is 6.10 Å². The lowest BCUT2D eigenvalue weighted by molar-refractivity contribution is -0.122. The van der Waals surface area contributed by atoms with Gasteiger partial charge in [0.1, 0.15) is 16.8 Å². The van der Waals surface area contributed by atoms with E-state index in [1.807, 2.05) is 31.2 Å². The molecule has 164 valence electrons. The van der Waals surface area contributed by atoms with Crippen molar-refractivity contribution in [3.63, 3.8) is 0 Å². The van der Waals surface area contributed by atoms with Gasteiger partial charge >= 0.3 is 0 Å². The molecule has 1 amide bonds. The lowest BCUT2D eigenvalue weighted by atomic mass is 10.1. The van der Waals surface area contributed by atoms with E-state index in [1.54, 1.807) is 29.9 Å². The highest BCUT2D eigenvalue weighted by atomic mass is 35.5. The molecule has 0 saturated heterocycles. The fourth-order valence-electron chi connectivity index (χ4n) is 3.23. The number of carbonyl (C=O) groups excluding carboxylic acids is 1. The minimum atomic E-state index is -0.767. The molecule has 3 aromatic carbocycles. The molecule has 0 aliphatic carbocycles. The summed E-state index contributed by atoms with van der Waals surface area (Å²) < 4.78 is 5.71. The molecule has 4 rings (SSSR count). The van der Waals surface area contributed by atoms with Gasteiger partial charge < -0.3 is 10.1 Å². The number of ether oxygens (including phenoxy) is 1. The number of halogens is 2. The minimum Gasteiger partial charge on any atom is -0.479 e. The Hall–Kier alpha value is -3.09. The number of nitrogens with zero attached hydrogens (tertiary/aromatic N) is 3. The standard InChI is InChI=1S/C24H22Cl2N4O2/c1-4-16-5-8-18(9-6-16)30-28-21-11-14(2)20(13-22(21)29-30)27-24(31)15(3)32-23-10-7-17(25)12-19(23)26/h5-13,15H,4H2,1-3H3,(H,27,31)/t15-/m0/s1. The maximum Gasteiger partial charge on any atom is 0.265 e. The zero-order valence-corrected chi connectivity index (χ0v) is 19.4. The van der Waals surface area contributed by atoms with E-state index in [4.69, 9.17) is 27.9 Å². The number of anilines is 1. The fourth-order valence-corrected chi connectivity index (χ4v) is 3.69. The second-order valence-corrected chi connectivity index (χ2v) is 8.33. The molecule has 1 aromatic heterocycles. The topological polar surface area (TPSA) is 69.0 Å². The van der Waals surface area contributed by atoms with Gasteiger partial charge in [-0.3, -0.25) is 4.79 Å². The number of benzene rings is 3. The van der Waals surface area contributed by atoms with E-state index in [0.29, 0.717) is 27.0 Å². The van der Waals surface area contributed by atoms with Crippen LogP contribution >= 0.6 is 23.2 Å². The number of rotatable bonds is 6. The van der Waals surface area contributed by atoms with E-state index in [1.165, 1.54) is 5.56 Å². The zero-order valence-electron chi connectivity index (χ0n) is 17.9. The van der Waals surface area contributed by atoms with Crippen molar-refractivity contribution in [2.24, 2.45) is 0 Å². The van der Waals surface area contributed by atoms with Crippen molar-refractivity contribution >= 4 is 45.8 Å². The molecule has 1 N–H and O–H groups in total. The van der Waals surface area contributed by atoms with Crippen LogP contribution in [0, 0.1) is 6.92 Å². The van der Waals surface area contributed by atoms with Crippen LogP contribution in [0.15, 0.2) is 54.6 Å². The predicted octanol–water partition coefficient (Wildman–Crippen LogP) is 6.00. The van der Waals surface area contributed by atoms with Crippen molar-refractivity contribution in [1.82, 2.24) is 15.0 Å². The van der Waals surface area contributed by atoms with E-state index in [-0.39, 0.29) is 5.91 Å². The maximum atomic E-state index is 12.7. The Morgan fingerprint density at radius 3 is 2.41 bits per heavy atom. The van der Waals surface area contributed by atoms with Crippen LogP contribution in [-0.4, -0.2) is 27.0 Å². The second-order valence-electron chi connectivity index (χ2n) is 7.49. The number of carbonyl (C=O) groups is 1. The van der Waals surface area contributed by atoms with Crippen LogP contribution in [0.5, 0.6) is 5.75 Å². The molecule has 8 heteroatoms. The number of aryl methyl sites for hydroxylation is 2. The van der Waals surface area contributed by atoms with Gasteiger partial charge in [-0.05, 0) is 73.9 Å². The SMILES string of the molecule is CCc1ccc(-n2nc3cc(C)c(NC(=O)[C@H](C)Oc4ccc(Cl)cc4Cl)cc3n2)cc1. The Bertz CT molecular complexity index is 1290. The van der Waals surface area contributed by atoms with Gasteiger partial charge in [0, 0.05) is 10.7 Å². The van der Waals surface area contributed by atoms with Crippen LogP contribution in [0.3, 0.4) is 0 Å². The molecular formula is C24H22Cl2N4O2. The summed E-state index contributed by atoms with van der Waals surface area (Å²) in [6.07, 6.45) is 0.209. The normalized spacial score (nSPS) is 12.0. The summed E-state index contributed by atoms with van der Waals surface area (Å²) in [6.45, 7) is 5.68. The van der Waals surface area contributed by atoms with Crippen LogP contribution in [0.25, 0.3) is 16.7 Å². The van der Waals surface area contributed by atoms with Crippen molar-refractivity contribution in [3.05, 3.63) is 75.8 Å². The molecule has 1 atom stereocenters. The van der Waals surface area contributed by atoms with Crippen molar-refractivity contribution in [3.8, 4) is 11.4 Å². The Kier molecular flexibility index (Phi) is 6.35. The third kappa shape index (κ3) is 4.71. The molecule has 0 spiro atoms. The maximum absolute atomic E-state index is 12.7. The number of hydrogen-bond donors (Lipinski definition) is 1. The number of nitrogens with one attached hydrogen (secondary N) is 1. The quantitative estimate of drug-likeness (QED) is 0.376. The van der Waals surface area contributed by atoms with Crippen molar-refractivity contribution in [2.75, 3.05) is 5.32 Å². The van der Waals surface area contributed by atoms with E-state index in [2.05, 4.69) is 34.6 Å². The smallest absolute Gasteiger partial charge is 0.265 e. The molecule has 4 aromatic rings. The Morgan fingerprint density at radius 1 is 1.06 bits per heavy atom. The monoisotopic (exact) mass is 468 g/mol. The van der Waals surface area contributed by atoms with Gasteiger partial charge in [-0.1, -0.05) is 42.3 Å². The first-order chi connectivity index (χ1) is 15.3. The first-order valence-corrected chi connectivity index (χ1v) is 11.0. The van der Waals surface area contributed by atoms with Gasteiger partial charge in [0.15, 0.2) is 6.10 Å². The van der Waals surface area contributed by atoms with Crippen LogP contribution in [0.4, 0.5) is 5.69 Å². The lowest BCUT2D eigenvalue weighted by Crippen LogP contribution is -2.30. The summed E-state index contributed by atoms with van der Waals surface area (Å²) in [7, 11) is 0. The average molecular weight is 469 g/mol. The lowest BCUT2D eigenvalue weighted by Gasteiger charge is -2.16. The molecule has 1 heterocycles. The molecule has 6 nitrogen and oxygen atoms in total. The number of fused-ring (bicyclic) bond motifs is 1. The summed E-state index contributed by atoms with van der Waals surface area (Å²) in [5.74, 6) is 0.0870. The molecule has 0 aliphatic heterocycles. The number of amides is 1. The van der Waals surface area contributed by atoms with Crippen molar-refractivity contribution in [1.29, 1.82) is 0 Å². The largest absolute Gasteiger partial charge is 0.479 e. The predicted molar refractivity (Wildman–Crippen MR) is 128 cm³/mol. The molecule has 0 bridgehead atoms. The highest BCUT2D eigenvalue weighted by Gasteiger charge is 2.18. The first-order valence-electron chi connectivity index (χ1n) is 10.2. The molecule has 0 saturated carbocycles. The molecule has 0 radical (unpaired) electrons. The third-order valence-corrected chi connectivity index (χ3v) is 5.66. The number of hydrogen-bond acceptors (Lipinski definition) is 4. The van der Waals surface area contributed by atoms with Crippen LogP contribution in [0.2, 0.25) is 10.0 Å². The summed E-state index contributed by atoms with van der Waals surface area (Å²) in [5, 5.41) is 12.9. The first kappa shape index (κ1) is 22.1. The summed E-state index contributed by atoms with van der Waals surface area (Å²) >= 11 is 12.1. The van der Waals surface area contributed by atoms with Crippen LogP contribution in [-0.2, 0) is 11.2 Å². The minimum absolute atomic E-state index is 0.305. The summed E-state index contributed by atoms with van der Waals surface area (Å²) in [4.78, 5) is 14.3. The van der Waals surface area contributed by atoms with Gasteiger partial charge in [-0.2, -0.15) is 4.80 Å². The summed E-state index contributed by atoms with van der Waals surface area (Å²) in [5.41, 5.74) is 5.08. The van der Waals surface area contributed by atoms with Crippen molar-refractivity contribution < 1.29 is 9.53 Å². The number of aromatic nitrogens is 3. The summed E-state index contributed by atoms with van der Waals surface area (Å²) in [6, 6.07) is 16.7. The Labute approximate surface area is 196 Å². The highest BCUT2D eigenvalue weighted by molar-refractivity contribution is 6.35. The second kappa shape index (κ2) is 9.18. The van der Waals surface area contributed by atoms with E-state index >= 15 is 0 Å². The van der Waals surface area contributed by atoms with Gasteiger partial charge in [0.05, 0.1) is 10.7 Å². The molecule has 0 aliphatic rings. The molecule has 0 fully saturated rings. The average Bonchev–Trinajstić information content (AvgIpc) is 3.18. The van der Waals surface area contributed by atoms with Gasteiger partial charge in [0.25, 0.3) is 5.91 Å². The van der Waals surface area contributed by atoms with Crippen molar-refractivity contribution in [2.45, 2.75) is 33.3 Å². The van der Waals surface area contributed by atoms with Gasteiger partial charge in [0.2, 0.25) is 0 Å². The van der Waals surface area contributed by atoms with E-state index in [9.17, 15) is 4.79 Å². The molecule has 32 heavy (non-hydrogen) atoms. The van der Waals surface area contributed by atoms with Gasteiger partial charge in [-0.25, -0.2) is 0 Å². The van der Waals surface area contributed by atoms with E-state index in [0.717, 1.165) is 23.2 Å². The highest BCUT2D eigenvalue weighted by Crippen LogP contribution is 2.29. The van der Waals surface area contributed by atoms with Crippen LogP contribution < -0.4 is 10.1 Å². The Morgan fingerprint density at radius 2 is 1.75 bits per heavy atom. The van der Waals surface area contributed by atoms with Gasteiger partial charge in [-0.15, -0.1) is 10.2 Å². The molecule has 0 unspecified atom stereocenters. The third-order valence-electron chi connectivity index (χ3n) is 5.13. The van der Waals surface area contributed by atoms with Crippen LogP contribution in [0.1, 0.15) is 25.0 Å². The zero-order chi connectivity index (χ0) is 22.8. The molecular weight excluding hydrogens is 447 g/mol. The fraction of sp³-hybridized carbons (Fsp3) is 0.208.